The number of methoxy groups -OCH3 is 1. The normalized spacial score (nSPS) is 12.0. The molecule has 0 heterocycles. The van der Waals surface area contributed by atoms with Gasteiger partial charge in [-0.3, -0.25) is 0 Å². The lowest BCUT2D eigenvalue weighted by Gasteiger charge is -2.19. The fourth-order valence-electron chi connectivity index (χ4n) is 2.13. The third-order valence-corrected chi connectivity index (χ3v) is 3.72. The zero-order chi connectivity index (χ0) is 15.6. The summed E-state index contributed by atoms with van der Waals surface area (Å²) < 4.78 is 18.6. The van der Waals surface area contributed by atoms with E-state index in [1.807, 2.05) is 19.9 Å². The molecule has 2 N–H and O–H groups in total. The van der Waals surface area contributed by atoms with Crippen LogP contribution in [0.25, 0.3) is 0 Å². The summed E-state index contributed by atoms with van der Waals surface area (Å²) in [5.41, 5.74) is 2.11. The molecular weight excluding hydrogens is 293 g/mol. The Hall–Kier alpha value is -1.94. The van der Waals surface area contributed by atoms with Gasteiger partial charge < -0.3 is 15.2 Å². The topological polar surface area (TPSA) is 41.5 Å². The van der Waals surface area contributed by atoms with Gasteiger partial charge in [-0.25, -0.2) is 4.39 Å². The molecule has 2 aromatic carbocycles. The molecule has 3 nitrogen and oxygen atoms in total. The SMILES string of the molecule is COc1cc(Cl)c(C)cc1NC(C)c1cc(F)ccc1O. The van der Waals surface area contributed by atoms with Gasteiger partial charge in [0.15, 0.2) is 0 Å². The van der Waals surface area contributed by atoms with Gasteiger partial charge in [0.25, 0.3) is 0 Å². The molecule has 0 aliphatic heterocycles. The minimum atomic E-state index is -0.393. The Morgan fingerprint density at radius 1 is 1.29 bits per heavy atom. The molecule has 112 valence electrons. The molecular formula is C16H17ClFNO2. The van der Waals surface area contributed by atoms with Gasteiger partial charge in [0.05, 0.1) is 18.8 Å². The van der Waals surface area contributed by atoms with E-state index in [2.05, 4.69) is 5.32 Å². The van der Waals surface area contributed by atoms with Crippen molar-refractivity contribution in [2.75, 3.05) is 12.4 Å². The first-order valence-corrected chi connectivity index (χ1v) is 6.89. The average Bonchev–Trinajstić information content (AvgIpc) is 2.45. The summed E-state index contributed by atoms with van der Waals surface area (Å²) in [4.78, 5) is 0. The van der Waals surface area contributed by atoms with E-state index in [1.54, 1.807) is 13.2 Å². The molecule has 0 aliphatic rings. The number of rotatable bonds is 4. The molecule has 0 spiro atoms. The van der Waals surface area contributed by atoms with Crippen LogP contribution in [0.15, 0.2) is 30.3 Å². The van der Waals surface area contributed by atoms with E-state index < -0.39 is 5.82 Å². The molecule has 5 heteroatoms. The number of phenols is 1. The van der Waals surface area contributed by atoms with Crippen molar-refractivity contribution in [1.82, 2.24) is 0 Å². The molecule has 1 unspecified atom stereocenters. The van der Waals surface area contributed by atoms with Crippen LogP contribution < -0.4 is 10.1 Å². The standard InChI is InChI=1S/C16H17ClFNO2/c1-9-6-14(16(21-3)8-13(9)17)19-10(2)12-7-11(18)4-5-15(12)20/h4-8,10,19-20H,1-3H3. The van der Waals surface area contributed by atoms with Crippen molar-refractivity contribution < 1.29 is 14.2 Å². The molecule has 2 rings (SSSR count). The van der Waals surface area contributed by atoms with Gasteiger partial charge in [0, 0.05) is 16.7 Å². The fourth-order valence-corrected chi connectivity index (χ4v) is 2.28. The molecule has 1 atom stereocenters. The van der Waals surface area contributed by atoms with Crippen molar-refractivity contribution in [2.45, 2.75) is 19.9 Å². The Balaban J connectivity index is 2.33. The number of hydrogen-bond donors (Lipinski definition) is 2. The molecule has 0 bridgehead atoms. The number of aromatic hydroxyl groups is 1. The first-order valence-electron chi connectivity index (χ1n) is 6.51. The Morgan fingerprint density at radius 3 is 2.67 bits per heavy atom. The molecule has 0 aliphatic carbocycles. The summed E-state index contributed by atoms with van der Waals surface area (Å²) in [6, 6.07) is 7.15. The predicted molar refractivity (Wildman–Crippen MR) is 82.8 cm³/mol. The quantitative estimate of drug-likeness (QED) is 0.862. The van der Waals surface area contributed by atoms with E-state index >= 15 is 0 Å². The molecule has 0 saturated carbocycles. The van der Waals surface area contributed by atoms with Crippen LogP contribution in [0.1, 0.15) is 24.1 Å². The Bertz CT molecular complexity index is 661. The van der Waals surface area contributed by atoms with Gasteiger partial charge in [-0.05, 0) is 43.7 Å². The monoisotopic (exact) mass is 309 g/mol. The molecule has 21 heavy (non-hydrogen) atoms. The Morgan fingerprint density at radius 2 is 2.00 bits per heavy atom. The number of aryl methyl sites for hydroxylation is 1. The molecule has 0 amide bonds. The van der Waals surface area contributed by atoms with Crippen LogP contribution in [-0.4, -0.2) is 12.2 Å². The third kappa shape index (κ3) is 3.39. The summed E-state index contributed by atoms with van der Waals surface area (Å²) in [6.45, 7) is 3.72. The lowest BCUT2D eigenvalue weighted by Crippen LogP contribution is -2.08. The van der Waals surface area contributed by atoms with Crippen molar-refractivity contribution in [3.05, 3.63) is 52.3 Å². The van der Waals surface area contributed by atoms with Gasteiger partial charge in [0.2, 0.25) is 0 Å². The minimum Gasteiger partial charge on any atom is -0.508 e. The van der Waals surface area contributed by atoms with Crippen molar-refractivity contribution in [2.24, 2.45) is 0 Å². The first-order chi connectivity index (χ1) is 9.92. The molecule has 0 fully saturated rings. The second-order valence-corrected chi connectivity index (χ2v) is 5.28. The van der Waals surface area contributed by atoms with Gasteiger partial charge >= 0.3 is 0 Å². The number of benzene rings is 2. The largest absolute Gasteiger partial charge is 0.508 e. The van der Waals surface area contributed by atoms with Gasteiger partial charge in [0.1, 0.15) is 17.3 Å². The number of halogens is 2. The summed E-state index contributed by atoms with van der Waals surface area (Å²) in [5, 5.41) is 13.7. The predicted octanol–water partition coefficient (Wildman–Crippen LogP) is 4.67. The molecule has 0 radical (unpaired) electrons. The van der Waals surface area contributed by atoms with Crippen LogP contribution in [0.3, 0.4) is 0 Å². The van der Waals surface area contributed by atoms with E-state index in [0.717, 1.165) is 11.3 Å². The van der Waals surface area contributed by atoms with E-state index in [4.69, 9.17) is 16.3 Å². The first kappa shape index (κ1) is 15.4. The maximum atomic E-state index is 13.3. The molecule has 2 aromatic rings. The summed E-state index contributed by atoms with van der Waals surface area (Å²) in [6.07, 6.45) is 0. The Labute approximate surface area is 128 Å². The second kappa shape index (κ2) is 6.22. The fraction of sp³-hybridized carbons (Fsp3) is 0.250. The van der Waals surface area contributed by atoms with Crippen molar-refractivity contribution in [1.29, 1.82) is 0 Å². The summed E-state index contributed by atoms with van der Waals surface area (Å²) in [7, 11) is 1.55. The van der Waals surface area contributed by atoms with Crippen LogP contribution >= 0.6 is 11.6 Å². The Kier molecular flexibility index (Phi) is 4.58. The highest BCUT2D eigenvalue weighted by molar-refractivity contribution is 6.31. The van der Waals surface area contributed by atoms with Crippen LogP contribution in [0.4, 0.5) is 10.1 Å². The number of hydrogen-bond acceptors (Lipinski definition) is 3. The maximum Gasteiger partial charge on any atom is 0.143 e. The summed E-state index contributed by atoms with van der Waals surface area (Å²) >= 11 is 6.07. The van der Waals surface area contributed by atoms with Crippen LogP contribution in [-0.2, 0) is 0 Å². The smallest absolute Gasteiger partial charge is 0.143 e. The van der Waals surface area contributed by atoms with Gasteiger partial charge in [-0.2, -0.15) is 0 Å². The van der Waals surface area contributed by atoms with E-state index in [9.17, 15) is 9.50 Å². The third-order valence-electron chi connectivity index (χ3n) is 3.31. The van der Waals surface area contributed by atoms with Crippen LogP contribution in [0.5, 0.6) is 11.5 Å². The number of anilines is 1. The van der Waals surface area contributed by atoms with Crippen molar-refractivity contribution in [3.63, 3.8) is 0 Å². The van der Waals surface area contributed by atoms with Crippen LogP contribution in [0.2, 0.25) is 5.02 Å². The lowest BCUT2D eigenvalue weighted by atomic mass is 10.1. The van der Waals surface area contributed by atoms with Gasteiger partial charge in [-0.15, -0.1) is 0 Å². The highest BCUT2D eigenvalue weighted by Crippen LogP contribution is 2.35. The maximum absolute atomic E-state index is 13.3. The molecule has 0 saturated heterocycles. The van der Waals surface area contributed by atoms with E-state index in [1.165, 1.54) is 18.2 Å². The van der Waals surface area contributed by atoms with Crippen molar-refractivity contribution in [3.8, 4) is 11.5 Å². The minimum absolute atomic E-state index is 0.0426. The van der Waals surface area contributed by atoms with E-state index in [0.29, 0.717) is 16.3 Å². The number of phenolic OH excluding ortho intramolecular Hbond substituents is 1. The zero-order valence-corrected chi connectivity index (χ0v) is 12.8. The highest BCUT2D eigenvalue weighted by Gasteiger charge is 2.14. The molecule has 0 aromatic heterocycles. The van der Waals surface area contributed by atoms with Crippen molar-refractivity contribution >= 4 is 17.3 Å². The lowest BCUT2D eigenvalue weighted by molar-refractivity contribution is 0.416. The summed E-state index contributed by atoms with van der Waals surface area (Å²) in [5.74, 6) is 0.241. The number of nitrogens with one attached hydrogen (secondary N) is 1. The average molecular weight is 310 g/mol. The van der Waals surface area contributed by atoms with Crippen LogP contribution in [0, 0.1) is 12.7 Å². The highest BCUT2D eigenvalue weighted by atomic mass is 35.5. The zero-order valence-electron chi connectivity index (χ0n) is 12.1. The van der Waals surface area contributed by atoms with Gasteiger partial charge in [-0.1, -0.05) is 11.6 Å². The number of ether oxygens (including phenoxy) is 1. The second-order valence-electron chi connectivity index (χ2n) is 4.87. The van der Waals surface area contributed by atoms with E-state index in [-0.39, 0.29) is 11.8 Å².